The molecule has 0 fully saturated rings. The zero-order chi connectivity index (χ0) is 40.3. The molecular formula is C58H36N2O. The summed E-state index contributed by atoms with van der Waals surface area (Å²) in [5.41, 5.74) is 13.6. The molecule has 0 amide bonds. The van der Waals surface area contributed by atoms with E-state index in [4.69, 9.17) is 14.4 Å². The summed E-state index contributed by atoms with van der Waals surface area (Å²) in [5, 5.41) is 9.41. The third-order valence-corrected chi connectivity index (χ3v) is 12.1. The minimum absolute atomic E-state index is 0.705. The van der Waals surface area contributed by atoms with Crippen LogP contribution in [0, 0.1) is 0 Å². The summed E-state index contributed by atoms with van der Waals surface area (Å²) < 4.78 is 6.76. The van der Waals surface area contributed by atoms with Crippen LogP contribution in [0.2, 0.25) is 0 Å². The van der Waals surface area contributed by atoms with Crippen LogP contribution in [-0.2, 0) is 0 Å². The van der Waals surface area contributed by atoms with Gasteiger partial charge in [-0.05, 0) is 96.7 Å². The van der Waals surface area contributed by atoms with Crippen molar-refractivity contribution in [3.8, 4) is 67.3 Å². The summed E-state index contributed by atoms with van der Waals surface area (Å²) in [6.45, 7) is 0. The molecule has 0 aliphatic carbocycles. The van der Waals surface area contributed by atoms with Crippen LogP contribution in [0.15, 0.2) is 223 Å². The van der Waals surface area contributed by atoms with Gasteiger partial charge in [0.05, 0.1) is 11.4 Å². The van der Waals surface area contributed by atoms with E-state index in [2.05, 4.69) is 182 Å². The highest BCUT2D eigenvalue weighted by atomic mass is 16.3. The van der Waals surface area contributed by atoms with Crippen molar-refractivity contribution in [2.24, 2.45) is 0 Å². The Labute approximate surface area is 352 Å². The molecule has 0 saturated heterocycles. The van der Waals surface area contributed by atoms with Crippen molar-refractivity contribution in [3.63, 3.8) is 0 Å². The smallest absolute Gasteiger partial charge is 0.160 e. The molecule has 0 bridgehead atoms. The monoisotopic (exact) mass is 776 g/mol. The first-order valence-electron chi connectivity index (χ1n) is 20.7. The molecule has 0 saturated carbocycles. The lowest BCUT2D eigenvalue weighted by atomic mass is 9.91. The van der Waals surface area contributed by atoms with Crippen molar-refractivity contribution in [2.75, 3.05) is 0 Å². The second-order valence-corrected chi connectivity index (χ2v) is 15.7. The van der Waals surface area contributed by atoms with Gasteiger partial charge >= 0.3 is 0 Å². The molecule has 3 heteroatoms. The van der Waals surface area contributed by atoms with Gasteiger partial charge in [0, 0.05) is 32.8 Å². The largest absolute Gasteiger partial charge is 0.455 e. The quantitative estimate of drug-likeness (QED) is 0.169. The lowest BCUT2D eigenvalue weighted by Gasteiger charge is -2.11. The van der Waals surface area contributed by atoms with Crippen molar-refractivity contribution < 1.29 is 4.42 Å². The molecule has 12 aromatic rings. The normalized spacial score (nSPS) is 11.6. The molecule has 10 aromatic carbocycles. The molecule has 0 radical (unpaired) electrons. The topological polar surface area (TPSA) is 38.9 Å². The molecule has 284 valence electrons. The highest BCUT2D eigenvalue weighted by molar-refractivity contribution is 6.22. The lowest BCUT2D eigenvalue weighted by Crippen LogP contribution is -1.95. The number of hydrogen-bond donors (Lipinski definition) is 0. The van der Waals surface area contributed by atoms with Gasteiger partial charge < -0.3 is 4.42 Å². The van der Waals surface area contributed by atoms with Crippen molar-refractivity contribution in [1.29, 1.82) is 0 Å². The summed E-state index contributed by atoms with van der Waals surface area (Å²) in [6, 6.07) is 77.6. The molecule has 61 heavy (non-hydrogen) atoms. The average Bonchev–Trinajstić information content (AvgIpc) is 3.73. The Balaban J connectivity index is 0.955. The Hall–Kier alpha value is -8.14. The highest BCUT2D eigenvalue weighted by Gasteiger charge is 2.19. The second kappa shape index (κ2) is 14.3. The predicted molar refractivity (Wildman–Crippen MR) is 254 cm³/mol. The van der Waals surface area contributed by atoms with Crippen LogP contribution in [-0.4, -0.2) is 9.97 Å². The first kappa shape index (κ1) is 34.9. The first-order valence-corrected chi connectivity index (χ1v) is 20.7. The highest BCUT2D eigenvalue weighted by Crippen LogP contribution is 2.44. The maximum atomic E-state index is 6.76. The summed E-state index contributed by atoms with van der Waals surface area (Å²) >= 11 is 0. The van der Waals surface area contributed by atoms with Gasteiger partial charge in [-0.15, -0.1) is 0 Å². The first-order chi connectivity index (χ1) is 30.2. The maximum Gasteiger partial charge on any atom is 0.160 e. The maximum absolute atomic E-state index is 6.76. The molecule has 2 aromatic heterocycles. The SMILES string of the molecule is c1ccc(-c2cc(-c3ccc(-c4cccc5oc6c7ccccc7c(-c7ccc8cc(-c9ccc%10ccccc%10c9)ccc8c7)cc6c45)cc3)nc(-c3ccccc3)n2)cc1. The molecule has 2 heterocycles. The van der Waals surface area contributed by atoms with Gasteiger partial charge in [0.1, 0.15) is 11.2 Å². The van der Waals surface area contributed by atoms with Crippen LogP contribution < -0.4 is 0 Å². The van der Waals surface area contributed by atoms with E-state index in [1.165, 1.54) is 49.2 Å². The number of furan rings is 1. The average molecular weight is 777 g/mol. The van der Waals surface area contributed by atoms with E-state index < -0.39 is 0 Å². The van der Waals surface area contributed by atoms with E-state index in [1.54, 1.807) is 0 Å². The van der Waals surface area contributed by atoms with E-state index in [-0.39, 0.29) is 0 Å². The van der Waals surface area contributed by atoms with Crippen molar-refractivity contribution in [3.05, 3.63) is 218 Å². The molecule has 0 aliphatic rings. The molecule has 0 aliphatic heterocycles. The van der Waals surface area contributed by atoms with E-state index >= 15 is 0 Å². The number of rotatable bonds is 6. The molecule has 3 nitrogen and oxygen atoms in total. The number of hydrogen-bond acceptors (Lipinski definition) is 3. The predicted octanol–water partition coefficient (Wildman–Crippen LogP) is 15.8. The fourth-order valence-corrected chi connectivity index (χ4v) is 8.98. The fraction of sp³-hybridized carbons (Fsp3) is 0. The number of fused-ring (bicyclic) bond motifs is 7. The van der Waals surface area contributed by atoms with Crippen LogP contribution in [0.5, 0.6) is 0 Å². The van der Waals surface area contributed by atoms with Gasteiger partial charge in [0.25, 0.3) is 0 Å². The van der Waals surface area contributed by atoms with Gasteiger partial charge in [0.2, 0.25) is 0 Å². The van der Waals surface area contributed by atoms with E-state index in [0.29, 0.717) is 5.82 Å². The Kier molecular flexibility index (Phi) is 8.17. The fourth-order valence-electron chi connectivity index (χ4n) is 8.98. The molecule has 0 spiro atoms. The zero-order valence-electron chi connectivity index (χ0n) is 33.1. The molecule has 0 atom stereocenters. The number of nitrogens with zero attached hydrogens (tertiary/aromatic N) is 2. The van der Waals surface area contributed by atoms with Crippen LogP contribution in [0.3, 0.4) is 0 Å². The standard InChI is InChI=1S/C58H36N2O/c1-3-13-39(14-4-1)53-36-54(60-58(59-53)41-15-5-2-6-16-41)40-25-23-38(24-26-40)48-20-11-21-55-56(48)52-35-51(49-18-9-10-19-50(49)57(52)61-55)47-31-30-45-33-44(28-29-46(45)34-47)43-27-22-37-12-7-8-17-42(37)32-43/h1-36H. The number of benzene rings is 10. The van der Waals surface area contributed by atoms with Crippen LogP contribution >= 0.6 is 0 Å². The Morgan fingerprint density at radius 3 is 1.54 bits per heavy atom. The minimum atomic E-state index is 0.705. The van der Waals surface area contributed by atoms with Gasteiger partial charge in [-0.25, -0.2) is 9.97 Å². The number of aromatic nitrogens is 2. The van der Waals surface area contributed by atoms with Gasteiger partial charge in [0.15, 0.2) is 5.82 Å². The van der Waals surface area contributed by atoms with E-state index in [0.717, 1.165) is 66.5 Å². The third kappa shape index (κ3) is 6.14. The van der Waals surface area contributed by atoms with Crippen LogP contribution in [0.1, 0.15) is 0 Å². The Bertz CT molecular complexity index is 3570. The second-order valence-electron chi connectivity index (χ2n) is 15.7. The van der Waals surface area contributed by atoms with E-state index in [9.17, 15) is 0 Å². The summed E-state index contributed by atoms with van der Waals surface area (Å²) in [7, 11) is 0. The molecule has 0 N–H and O–H groups in total. The van der Waals surface area contributed by atoms with Gasteiger partial charge in [-0.1, -0.05) is 182 Å². The van der Waals surface area contributed by atoms with Crippen LogP contribution in [0.4, 0.5) is 0 Å². The third-order valence-electron chi connectivity index (χ3n) is 12.1. The Morgan fingerprint density at radius 1 is 0.295 bits per heavy atom. The summed E-state index contributed by atoms with van der Waals surface area (Å²) in [6.07, 6.45) is 0. The van der Waals surface area contributed by atoms with Crippen molar-refractivity contribution in [1.82, 2.24) is 9.97 Å². The lowest BCUT2D eigenvalue weighted by molar-refractivity contribution is 0.673. The molecular weight excluding hydrogens is 741 g/mol. The Morgan fingerprint density at radius 2 is 0.820 bits per heavy atom. The zero-order valence-corrected chi connectivity index (χ0v) is 33.1. The summed E-state index contributed by atoms with van der Waals surface area (Å²) in [5.74, 6) is 0.705. The van der Waals surface area contributed by atoms with Crippen molar-refractivity contribution >= 4 is 54.3 Å². The van der Waals surface area contributed by atoms with Crippen molar-refractivity contribution in [2.45, 2.75) is 0 Å². The van der Waals surface area contributed by atoms with Gasteiger partial charge in [-0.2, -0.15) is 0 Å². The molecule has 0 unspecified atom stereocenters. The molecule has 12 rings (SSSR count). The van der Waals surface area contributed by atoms with Gasteiger partial charge in [-0.3, -0.25) is 0 Å². The van der Waals surface area contributed by atoms with Crippen LogP contribution in [0.25, 0.3) is 122 Å². The van der Waals surface area contributed by atoms with E-state index in [1.807, 2.05) is 36.4 Å². The minimum Gasteiger partial charge on any atom is -0.455 e. The summed E-state index contributed by atoms with van der Waals surface area (Å²) in [4.78, 5) is 10.1.